The Labute approximate surface area is 187 Å². The number of aliphatic carboxylic acids is 1. The zero-order chi connectivity index (χ0) is 24.0. The summed E-state index contributed by atoms with van der Waals surface area (Å²) >= 11 is 0. The molecular formula is C22H32N4O6. The zero-order valence-corrected chi connectivity index (χ0v) is 18.6. The van der Waals surface area contributed by atoms with Crippen molar-refractivity contribution in [3.8, 4) is 5.75 Å². The molecule has 1 aromatic carbocycles. The van der Waals surface area contributed by atoms with Crippen molar-refractivity contribution in [3.63, 3.8) is 0 Å². The second kappa shape index (κ2) is 10.9. The lowest BCUT2D eigenvalue weighted by Gasteiger charge is -2.31. The van der Waals surface area contributed by atoms with Gasteiger partial charge in [-0.25, -0.2) is 4.79 Å². The predicted molar refractivity (Wildman–Crippen MR) is 117 cm³/mol. The van der Waals surface area contributed by atoms with Crippen LogP contribution >= 0.6 is 0 Å². The molecular weight excluding hydrogens is 416 g/mol. The number of benzene rings is 1. The lowest BCUT2D eigenvalue weighted by molar-refractivity contribution is -0.145. The Kier molecular flexibility index (Phi) is 8.59. The minimum absolute atomic E-state index is 0.0289. The molecule has 1 aromatic rings. The first-order valence-electron chi connectivity index (χ1n) is 10.7. The fourth-order valence-electron chi connectivity index (χ4n) is 3.62. The van der Waals surface area contributed by atoms with Gasteiger partial charge in [-0.15, -0.1) is 0 Å². The molecule has 32 heavy (non-hydrogen) atoms. The molecule has 10 heteroatoms. The highest BCUT2D eigenvalue weighted by Crippen LogP contribution is 2.21. The smallest absolute Gasteiger partial charge is 0.326 e. The van der Waals surface area contributed by atoms with Gasteiger partial charge in [0.2, 0.25) is 17.7 Å². The molecule has 0 unspecified atom stereocenters. The number of carbonyl (C=O) groups is 4. The maximum Gasteiger partial charge on any atom is 0.326 e. The van der Waals surface area contributed by atoms with E-state index in [1.54, 1.807) is 26.0 Å². The fourth-order valence-corrected chi connectivity index (χ4v) is 3.62. The highest BCUT2D eigenvalue weighted by Gasteiger charge is 2.39. The SMILES string of the molecule is CC(C)[C@H](NC(=O)[C@H](C)N)C(=O)N1CCC[C@H]1C(=O)N[C@@H](Cc1ccc(O)cc1)C(=O)O. The lowest BCUT2D eigenvalue weighted by atomic mass is 10.0. The Balaban J connectivity index is 2.11. The van der Waals surface area contributed by atoms with Crippen LogP contribution < -0.4 is 16.4 Å². The molecule has 1 fully saturated rings. The average Bonchev–Trinajstić information content (AvgIpc) is 3.22. The molecule has 10 nitrogen and oxygen atoms in total. The van der Waals surface area contributed by atoms with Gasteiger partial charge in [-0.05, 0) is 43.4 Å². The van der Waals surface area contributed by atoms with Crippen molar-refractivity contribution in [2.75, 3.05) is 6.54 Å². The van der Waals surface area contributed by atoms with Crippen molar-refractivity contribution < 1.29 is 29.4 Å². The van der Waals surface area contributed by atoms with Gasteiger partial charge in [-0.1, -0.05) is 26.0 Å². The minimum Gasteiger partial charge on any atom is -0.508 e. The third-order valence-electron chi connectivity index (χ3n) is 5.47. The summed E-state index contributed by atoms with van der Waals surface area (Å²) in [4.78, 5) is 51.2. The van der Waals surface area contributed by atoms with Crippen LogP contribution in [0.5, 0.6) is 5.75 Å². The van der Waals surface area contributed by atoms with Gasteiger partial charge in [0, 0.05) is 13.0 Å². The van der Waals surface area contributed by atoms with E-state index in [9.17, 15) is 29.4 Å². The molecule has 0 spiro atoms. The van der Waals surface area contributed by atoms with Crippen LogP contribution in [0.1, 0.15) is 39.2 Å². The first-order chi connectivity index (χ1) is 15.0. The van der Waals surface area contributed by atoms with Crippen LogP contribution in [0.3, 0.4) is 0 Å². The van der Waals surface area contributed by atoms with E-state index in [-0.39, 0.29) is 18.1 Å². The third-order valence-corrected chi connectivity index (χ3v) is 5.47. The Hall–Kier alpha value is -3.14. The molecule has 0 saturated carbocycles. The van der Waals surface area contributed by atoms with E-state index in [1.807, 2.05) is 0 Å². The number of nitrogens with zero attached hydrogens (tertiary/aromatic N) is 1. The number of hydrogen-bond acceptors (Lipinski definition) is 6. The molecule has 1 saturated heterocycles. The summed E-state index contributed by atoms with van der Waals surface area (Å²) < 4.78 is 0. The second-order valence-electron chi connectivity index (χ2n) is 8.48. The number of phenolic OH excluding ortho intramolecular Hbond substituents is 1. The average molecular weight is 449 g/mol. The standard InChI is InChI=1S/C22H32N4O6/c1-12(2)18(25-19(28)13(3)23)21(30)26-10-4-5-17(26)20(29)24-16(22(31)32)11-14-6-8-15(27)9-7-14/h6-9,12-13,16-18,27H,4-5,10-11,23H2,1-3H3,(H,24,29)(H,25,28)(H,31,32)/t13-,16-,17-,18-/m0/s1. The van der Waals surface area contributed by atoms with E-state index in [0.29, 0.717) is 24.9 Å². The van der Waals surface area contributed by atoms with Gasteiger partial charge in [0.1, 0.15) is 23.9 Å². The van der Waals surface area contributed by atoms with Crippen molar-refractivity contribution in [2.45, 2.75) is 64.2 Å². The van der Waals surface area contributed by atoms with E-state index in [0.717, 1.165) is 0 Å². The number of phenols is 1. The topological polar surface area (TPSA) is 162 Å². The van der Waals surface area contributed by atoms with Gasteiger partial charge in [0.25, 0.3) is 0 Å². The van der Waals surface area contributed by atoms with Gasteiger partial charge in [0.05, 0.1) is 6.04 Å². The zero-order valence-electron chi connectivity index (χ0n) is 18.6. The molecule has 0 bridgehead atoms. The summed E-state index contributed by atoms with van der Waals surface area (Å²) in [5.41, 5.74) is 6.23. The van der Waals surface area contributed by atoms with Gasteiger partial charge in [-0.3, -0.25) is 14.4 Å². The fraction of sp³-hybridized carbons (Fsp3) is 0.545. The molecule has 176 valence electrons. The highest BCUT2D eigenvalue weighted by molar-refractivity contribution is 5.94. The number of nitrogens with one attached hydrogen (secondary N) is 2. The van der Waals surface area contributed by atoms with Gasteiger partial charge < -0.3 is 31.5 Å². The van der Waals surface area contributed by atoms with E-state index in [4.69, 9.17) is 5.73 Å². The summed E-state index contributed by atoms with van der Waals surface area (Å²) in [7, 11) is 0. The van der Waals surface area contributed by atoms with E-state index in [1.165, 1.54) is 24.0 Å². The number of carbonyl (C=O) groups excluding carboxylic acids is 3. The molecule has 1 aliphatic rings. The highest BCUT2D eigenvalue weighted by atomic mass is 16.4. The number of aromatic hydroxyl groups is 1. The number of nitrogens with two attached hydrogens (primary N) is 1. The Morgan fingerprint density at radius 1 is 1.12 bits per heavy atom. The Morgan fingerprint density at radius 3 is 2.28 bits per heavy atom. The number of likely N-dealkylation sites (tertiary alicyclic amines) is 1. The maximum atomic E-state index is 13.2. The number of amides is 3. The van der Waals surface area contributed by atoms with Crippen molar-refractivity contribution in [3.05, 3.63) is 29.8 Å². The molecule has 3 amide bonds. The quantitative estimate of drug-likeness (QED) is 0.355. The monoisotopic (exact) mass is 448 g/mol. The maximum absolute atomic E-state index is 13.2. The molecule has 1 heterocycles. The van der Waals surface area contributed by atoms with Crippen LogP contribution in [-0.2, 0) is 25.6 Å². The van der Waals surface area contributed by atoms with Gasteiger partial charge in [0.15, 0.2) is 0 Å². The molecule has 0 radical (unpaired) electrons. The van der Waals surface area contributed by atoms with Crippen molar-refractivity contribution in [1.29, 1.82) is 0 Å². The van der Waals surface area contributed by atoms with Gasteiger partial charge in [-0.2, -0.15) is 0 Å². The second-order valence-corrected chi connectivity index (χ2v) is 8.48. The van der Waals surface area contributed by atoms with Crippen molar-refractivity contribution in [2.24, 2.45) is 11.7 Å². The van der Waals surface area contributed by atoms with Crippen LogP contribution in [0.15, 0.2) is 24.3 Å². The van der Waals surface area contributed by atoms with Crippen LogP contribution in [0, 0.1) is 5.92 Å². The normalized spacial score (nSPS) is 18.7. The lowest BCUT2D eigenvalue weighted by Crippen LogP contribution is -2.58. The summed E-state index contributed by atoms with van der Waals surface area (Å²) in [5, 5.41) is 24.1. The third kappa shape index (κ3) is 6.43. The summed E-state index contributed by atoms with van der Waals surface area (Å²) in [6.45, 7) is 5.42. The van der Waals surface area contributed by atoms with Crippen LogP contribution in [-0.4, -0.2) is 69.5 Å². The number of carboxylic acids is 1. The van der Waals surface area contributed by atoms with E-state index in [2.05, 4.69) is 10.6 Å². The molecule has 1 aliphatic heterocycles. The summed E-state index contributed by atoms with van der Waals surface area (Å²) in [6.07, 6.45) is 1.02. The first-order valence-corrected chi connectivity index (χ1v) is 10.7. The van der Waals surface area contributed by atoms with Crippen molar-refractivity contribution in [1.82, 2.24) is 15.5 Å². The molecule has 0 aromatic heterocycles. The molecule has 0 aliphatic carbocycles. The molecule has 4 atom stereocenters. The number of rotatable bonds is 9. The van der Waals surface area contributed by atoms with E-state index < -0.39 is 47.9 Å². The van der Waals surface area contributed by atoms with Crippen molar-refractivity contribution >= 4 is 23.7 Å². The number of carboxylic acid groups (broad SMARTS) is 1. The largest absolute Gasteiger partial charge is 0.508 e. The minimum atomic E-state index is -1.20. The predicted octanol–water partition coefficient (Wildman–Crippen LogP) is -0.0169. The van der Waals surface area contributed by atoms with Crippen LogP contribution in [0.2, 0.25) is 0 Å². The molecule has 2 rings (SSSR count). The number of hydrogen-bond donors (Lipinski definition) is 5. The Bertz CT molecular complexity index is 839. The first kappa shape index (κ1) is 25.1. The van der Waals surface area contributed by atoms with Crippen LogP contribution in [0.25, 0.3) is 0 Å². The summed E-state index contributed by atoms with van der Waals surface area (Å²) in [5.74, 6) is -2.78. The van der Waals surface area contributed by atoms with E-state index >= 15 is 0 Å². The Morgan fingerprint density at radius 2 is 1.75 bits per heavy atom. The molecule has 6 N–H and O–H groups in total. The van der Waals surface area contributed by atoms with Crippen LogP contribution in [0.4, 0.5) is 0 Å². The van der Waals surface area contributed by atoms with Gasteiger partial charge >= 0.3 is 5.97 Å². The summed E-state index contributed by atoms with van der Waals surface area (Å²) in [6, 6.07) is 2.41.